The molecule has 0 aliphatic carbocycles. The van der Waals surface area contributed by atoms with Crippen LogP contribution >= 0.6 is 11.6 Å². The van der Waals surface area contributed by atoms with Crippen molar-refractivity contribution in [3.8, 4) is 6.07 Å². The summed E-state index contributed by atoms with van der Waals surface area (Å²) in [6.45, 7) is 0. The Morgan fingerprint density at radius 3 is 2.65 bits per heavy atom. The lowest BCUT2D eigenvalue weighted by atomic mass is 9.86. The highest BCUT2D eigenvalue weighted by Gasteiger charge is 2.42. The number of nitriles is 1. The van der Waals surface area contributed by atoms with E-state index in [1.807, 2.05) is 0 Å². The highest BCUT2D eigenvalue weighted by molar-refractivity contribution is 6.30. The van der Waals surface area contributed by atoms with Crippen LogP contribution in [0.3, 0.4) is 0 Å². The van der Waals surface area contributed by atoms with Crippen LogP contribution < -0.4 is 17.0 Å². The number of rotatable bonds is 1. The zero-order chi connectivity index (χ0) is 16.6. The number of aliphatic imine (C=N–C) groups is 2. The molecule has 2 unspecified atom stereocenters. The number of carbonyl (C=O) groups is 1. The van der Waals surface area contributed by atoms with Crippen LogP contribution in [-0.4, -0.2) is 17.8 Å². The topological polar surface area (TPSA) is 139 Å². The summed E-state index contributed by atoms with van der Waals surface area (Å²) in [7, 11) is 0. The van der Waals surface area contributed by atoms with Crippen molar-refractivity contribution in [2.45, 2.75) is 6.04 Å². The molecule has 8 nitrogen and oxygen atoms in total. The Labute approximate surface area is 136 Å². The van der Waals surface area contributed by atoms with E-state index in [0.717, 1.165) is 5.56 Å². The van der Waals surface area contributed by atoms with E-state index in [1.165, 1.54) is 0 Å². The fraction of sp³-hybridized carbons (Fsp3) is 0.143. The van der Waals surface area contributed by atoms with Crippen LogP contribution in [0.25, 0.3) is 0 Å². The molecule has 0 aromatic heterocycles. The molecule has 1 aromatic carbocycles. The Morgan fingerprint density at radius 2 is 2.04 bits per heavy atom. The molecule has 23 heavy (non-hydrogen) atoms. The average molecular weight is 331 g/mol. The Hall–Kier alpha value is -2.89. The van der Waals surface area contributed by atoms with E-state index < -0.39 is 17.9 Å². The van der Waals surface area contributed by atoms with Gasteiger partial charge in [-0.3, -0.25) is 5.43 Å². The van der Waals surface area contributed by atoms with E-state index in [1.54, 1.807) is 30.3 Å². The summed E-state index contributed by atoms with van der Waals surface area (Å²) >= 11 is 5.90. The number of esters is 1. The second-order valence-electron chi connectivity index (χ2n) is 4.85. The SMILES string of the molecule is N#CC1=C(N)C2C(=NC(NN)=NC2c2ccc(Cl)cc2)OC1=O. The third-order valence-electron chi connectivity index (χ3n) is 3.54. The number of nitrogens with one attached hydrogen (secondary N) is 1. The first-order valence-corrected chi connectivity index (χ1v) is 6.93. The van der Waals surface area contributed by atoms with Crippen molar-refractivity contribution in [3.63, 3.8) is 0 Å². The summed E-state index contributed by atoms with van der Waals surface area (Å²) < 4.78 is 5.12. The van der Waals surface area contributed by atoms with Gasteiger partial charge in [0.2, 0.25) is 11.9 Å². The van der Waals surface area contributed by atoms with Crippen molar-refractivity contribution in [2.24, 2.45) is 27.5 Å². The van der Waals surface area contributed by atoms with Crippen LogP contribution in [0, 0.1) is 17.2 Å². The van der Waals surface area contributed by atoms with Gasteiger partial charge in [0.1, 0.15) is 12.0 Å². The second-order valence-corrected chi connectivity index (χ2v) is 5.29. The van der Waals surface area contributed by atoms with Crippen molar-refractivity contribution >= 4 is 29.4 Å². The maximum Gasteiger partial charge on any atom is 0.357 e. The molecule has 0 saturated carbocycles. The summed E-state index contributed by atoms with van der Waals surface area (Å²) in [6, 6.07) is 8.14. The van der Waals surface area contributed by atoms with Crippen molar-refractivity contribution in [1.82, 2.24) is 5.43 Å². The minimum atomic E-state index is -0.840. The van der Waals surface area contributed by atoms with E-state index in [4.69, 9.17) is 33.2 Å². The minimum Gasteiger partial charge on any atom is -0.406 e. The van der Waals surface area contributed by atoms with Gasteiger partial charge in [-0.25, -0.2) is 15.6 Å². The molecule has 0 radical (unpaired) electrons. The number of nitrogens with zero attached hydrogens (tertiary/aromatic N) is 3. The number of ether oxygens (including phenoxy) is 1. The molecule has 9 heteroatoms. The van der Waals surface area contributed by atoms with E-state index in [9.17, 15) is 4.79 Å². The molecular weight excluding hydrogens is 320 g/mol. The van der Waals surface area contributed by atoms with Crippen molar-refractivity contribution in [2.75, 3.05) is 0 Å². The highest BCUT2D eigenvalue weighted by Crippen LogP contribution is 2.37. The highest BCUT2D eigenvalue weighted by atomic mass is 35.5. The normalized spacial score (nSPS) is 23.3. The van der Waals surface area contributed by atoms with Gasteiger partial charge >= 0.3 is 5.97 Å². The lowest BCUT2D eigenvalue weighted by Gasteiger charge is -2.31. The number of carbonyl (C=O) groups excluding carboxylic acids is 1. The number of fused-ring (bicyclic) bond motifs is 1. The zero-order valence-corrected chi connectivity index (χ0v) is 12.4. The second kappa shape index (κ2) is 5.72. The van der Waals surface area contributed by atoms with Gasteiger partial charge in [-0.15, -0.1) is 0 Å². The molecule has 5 N–H and O–H groups in total. The number of hydrogen-bond acceptors (Lipinski definition) is 8. The predicted octanol–water partition coefficient (Wildman–Crippen LogP) is 0.522. The molecule has 0 spiro atoms. The predicted molar refractivity (Wildman–Crippen MR) is 82.8 cm³/mol. The van der Waals surface area contributed by atoms with Gasteiger partial charge in [0, 0.05) is 10.7 Å². The van der Waals surface area contributed by atoms with E-state index >= 15 is 0 Å². The molecule has 0 fully saturated rings. The first-order chi connectivity index (χ1) is 11.0. The number of guanidine groups is 1. The van der Waals surface area contributed by atoms with Gasteiger partial charge in [0.15, 0.2) is 5.57 Å². The van der Waals surface area contributed by atoms with Crippen LogP contribution in [0.5, 0.6) is 0 Å². The summed E-state index contributed by atoms with van der Waals surface area (Å²) in [4.78, 5) is 20.2. The van der Waals surface area contributed by atoms with Gasteiger partial charge in [-0.05, 0) is 17.7 Å². The number of halogens is 1. The number of hydrazine groups is 1. The van der Waals surface area contributed by atoms with Gasteiger partial charge in [0.05, 0.1) is 6.04 Å². The largest absolute Gasteiger partial charge is 0.406 e. The standard InChI is InChI=1S/C14H11ClN6O2/c15-7-3-1-6(2-4-7)11-9-10(17)8(5-16)13(22)23-12(9)20-14(19-11)21-18/h1-4,9,11H,17-18H2,(H,19,21). The Bertz CT molecular complexity index is 806. The van der Waals surface area contributed by atoms with Crippen LogP contribution in [0.1, 0.15) is 11.6 Å². The summed E-state index contributed by atoms with van der Waals surface area (Å²) in [5, 5.41) is 9.66. The Balaban J connectivity index is 2.14. The average Bonchev–Trinajstić information content (AvgIpc) is 2.54. The van der Waals surface area contributed by atoms with Crippen molar-refractivity contribution < 1.29 is 9.53 Å². The molecule has 2 atom stereocenters. The lowest BCUT2D eigenvalue weighted by Crippen LogP contribution is -2.43. The molecule has 1 aromatic rings. The maximum atomic E-state index is 11.8. The van der Waals surface area contributed by atoms with Crippen molar-refractivity contribution in [3.05, 3.63) is 46.1 Å². The fourth-order valence-corrected chi connectivity index (χ4v) is 2.59. The molecule has 0 bridgehead atoms. The summed E-state index contributed by atoms with van der Waals surface area (Å²) in [6.07, 6.45) is 0. The maximum absolute atomic E-state index is 11.8. The van der Waals surface area contributed by atoms with Gasteiger partial charge in [0.25, 0.3) is 0 Å². The zero-order valence-electron chi connectivity index (χ0n) is 11.7. The van der Waals surface area contributed by atoms with Gasteiger partial charge < -0.3 is 10.5 Å². The van der Waals surface area contributed by atoms with Crippen LogP contribution in [-0.2, 0) is 9.53 Å². The molecule has 2 aliphatic heterocycles. The molecular formula is C14H11ClN6O2. The Morgan fingerprint density at radius 1 is 1.35 bits per heavy atom. The van der Waals surface area contributed by atoms with E-state index in [0.29, 0.717) is 5.02 Å². The quantitative estimate of drug-likeness (QED) is 0.390. The van der Waals surface area contributed by atoms with Crippen LogP contribution in [0.2, 0.25) is 5.02 Å². The third-order valence-corrected chi connectivity index (χ3v) is 3.79. The van der Waals surface area contributed by atoms with Gasteiger partial charge in [-0.1, -0.05) is 23.7 Å². The summed E-state index contributed by atoms with van der Waals surface area (Å²) in [5.41, 5.74) is 8.92. The molecule has 2 aliphatic rings. The van der Waals surface area contributed by atoms with Crippen molar-refractivity contribution in [1.29, 1.82) is 5.26 Å². The first kappa shape index (κ1) is 15.0. The van der Waals surface area contributed by atoms with Crippen LogP contribution in [0.4, 0.5) is 0 Å². The molecule has 116 valence electrons. The molecule has 0 saturated heterocycles. The van der Waals surface area contributed by atoms with E-state index in [-0.39, 0.29) is 23.1 Å². The molecule has 0 amide bonds. The van der Waals surface area contributed by atoms with E-state index in [2.05, 4.69) is 15.4 Å². The van der Waals surface area contributed by atoms with Crippen LogP contribution in [0.15, 0.2) is 45.5 Å². The minimum absolute atomic E-state index is 0.0504. The molecule has 3 rings (SSSR count). The first-order valence-electron chi connectivity index (χ1n) is 6.55. The third kappa shape index (κ3) is 2.52. The monoisotopic (exact) mass is 330 g/mol. The lowest BCUT2D eigenvalue weighted by molar-refractivity contribution is -0.131. The Kier molecular flexibility index (Phi) is 3.73. The fourth-order valence-electron chi connectivity index (χ4n) is 2.46. The smallest absolute Gasteiger partial charge is 0.357 e. The summed E-state index contributed by atoms with van der Waals surface area (Å²) in [5.74, 6) is 4.01. The number of benzene rings is 1. The molecule has 2 heterocycles. The number of hydrogen-bond donors (Lipinski definition) is 3. The number of nitrogens with two attached hydrogens (primary N) is 2. The van der Waals surface area contributed by atoms with Gasteiger partial charge in [-0.2, -0.15) is 10.3 Å².